The van der Waals surface area contributed by atoms with Gasteiger partial charge in [0.25, 0.3) is 5.91 Å². The lowest BCUT2D eigenvalue weighted by molar-refractivity contribution is -0.184. The first-order valence-corrected chi connectivity index (χ1v) is 13.6. The van der Waals surface area contributed by atoms with E-state index in [2.05, 4.69) is 10.3 Å². The lowest BCUT2D eigenvalue weighted by atomic mass is 9.79. The molecule has 3 heterocycles. The highest BCUT2D eigenvalue weighted by atomic mass is 35.5. The largest absolute Gasteiger partial charge is 0.400 e. The van der Waals surface area contributed by atoms with Gasteiger partial charge in [-0.15, -0.1) is 0 Å². The molecule has 2 aromatic rings. The van der Waals surface area contributed by atoms with Crippen LogP contribution in [0.1, 0.15) is 34.3 Å². The number of sulfone groups is 1. The maximum Gasteiger partial charge on any atom is 0.400 e. The molecule has 1 aromatic heterocycles. The Morgan fingerprint density at radius 1 is 1.20 bits per heavy atom. The number of hydrogen-bond donors (Lipinski definition) is 1. The quantitative estimate of drug-likeness (QED) is 0.570. The Kier molecular flexibility index (Phi) is 7.02. The molecule has 0 aliphatic carbocycles. The molecule has 1 amide bonds. The van der Waals surface area contributed by atoms with Gasteiger partial charge >= 0.3 is 6.18 Å². The molecule has 12 heteroatoms. The number of pyridine rings is 1. The molecular formula is C23H24Cl2F3N3O3S. The van der Waals surface area contributed by atoms with Gasteiger partial charge in [-0.1, -0.05) is 23.2 Å². The number of rotatable bonds is 6. The molecule has 2 saturated heterocycles. The van der Waals surface area contributed by atoms with Crippen molar-refractivity contribution in [2.24, 2.45) is 5.92 Å². The van der Waals surface area contributed by atoms with Gasteiger partial charge in [0.15, 0.2) is 9.84 Å². The number of aryl methyl sites for hydroxylation is 1. The van der Waals surface area contributed by atoms with Crippen LogP contribution >= 0.6 is 23.2 Å². The number of hydrogen-bond acceptors (Lipinski definition) is 5. The summed E-state index contributed by atoms with van der Waals surface area (Å²) < 4.78 is 65.5. The zero-order valence-electron chi connectivity index (χ0n) is 18.8. The van der Waals surface area contributed by atoms with Crippen molar-refractivity contribution < 1.29 is 26.4 Å². The molecule has 0 saturated carbocycles. The third-order valence-electron chi connectivity index (χ3n) is 6.71. The maximum absolute atomic E-state index is 14.3. The van der Waals surface area contributed by atoms with Crippen molar-refractivity contribution in [3.63, 3.8) is 0 Å². The Labute approximate surface area is 211 Å². The predicted molar refractivity (Wildman–Crippen MR) is 129 cm³/mol. The summed E-state index contributed by atoms with van der Waals surface area (Å²) in [5.41, 5.74) is -1.24. The maximum atomic E-state index is 14.3. The molecule has 0 spiro atoms. The van der Waals surface area contributed by atoms with Gasteiger partial charge in [0.2, 0.25) is 0 Å². The van der Waals surface area contributed by atoms with Gasteiger partial charge in [0.1, 0.15) is 11.2 Å². The number of alkyl halides is 3. The number of halogens is 5. The Morgan fingerprint density at radius 2 is 1.86 bits per heavy atom. The van der Waals surface area contributed by atoms with Crippen LogP contribution in [0.3, 0.4) is 0 Å². The summed E-state index contributed by atoms with van der Waals surface area (Å²) in [5.74, 6) is 0.338. The Balaban J connectivity index is 1.47. The molecule has 1 aromatic carbocycles. The third-order valence-corrected chi connectivity index (χ3v) is 9.10. The molecule has 2 aliphatic heterocycles. The monoisotopic (exact) mass is 549 g/mol. The minimum absolute atomic E-state index is 0.0111. The lowest BCUT2D eigenvalue weighted by Gasteiger charge is -2.33. The minimum Gasteiger partial charge on any atom is -0.355 e. The summed E-state index contributed by atoms with van der Waals surface area (Å²) >= 11 is 12.0. The number of benzene rings is 1. The number of carbonyl (C=O) groups is 1. The number of amides is 1. The van der Waals surface area contributed by atoms with E-state index < -0.39 is 21.4 Å². The normalized spacial score (nSPS) is 22.2. The summed E-state index contributed by atoms with van der Waals surface area (Å²) in [7, 11) is -2.90. The average Bonchev–Trinajstić information content (AvgIpc) is 3.18. The first-order valence-electron chi connectivity index (χ1n) is 11.0. The molecular weight excluding hydrogens is 526 g/mol. The predicted octanol–water partition coefficient (Wildman–Crippen LogP) is 4.57. The Bertz CT molecular complexity index is 1220. The van der Waals surface area contributed by atoms with Gasteiger partial charge in [0.05, 0.1) is 17.1 Å². The van der Waals surface area contributed by atoms with Crippen LogP contribution in [0, 0.1) is 12.8 Å². The van der Waals surface area contributed by atoms with Crippen LogP contribution in [-0.4, -0.2) is 56.6 Å². The van der Waals surface area contributed by atoms with E-state index in [4.69, 9.17) is 23.2 Å². The molecule has 1 atom stereocenters. The number of nitrogens with one attached hydrogen (secondary N) is 1. The summed E-state index contributed by atoms with van der Waals surface area (Å²) in [5, 5.41) is 3.03. The van der Waals surface area contributed by atoms with Crippen LogP contribution in [0.5, 0.6) is 0 Å². The molecule has 1 unspecified atom stereocenters. The van der Waals surface area contributed by atoms with Crippen LogP contribution in [-0.2, 0) is 15.3 Å². The Hall–Kier alpha value is -2.04. The molecule has 2 aliphatic rings. The Morgan fingerprint density at radius 3 is 2.43 bits per heavy atom. The molecule has 0 bridgehead atoms. The molecule has 4 rings (SSSR count). The van der Waals surface area contributed by atoms with Crippen molar-refractivity contribution in [2.45, 2.75) is 31.4 Å². The minimum atomic E-state index is -4.54. The van der Waals surface area contributed by atoms with E-state index in [1.165, 1.54) is 24.4 Å². The zero-order chi connectivity index (χ0) is 25.6. The second-order valence-electron chi connectivity index (χ2n) is 9.25. The average molecular weight is 550 g/mol. The summed E-state index contributed by atoms with van der Waals surface area (Å²) in [6.07, 6.45) is -2.80. The standard InChI is InChI=1S/C23H24Cl2F3N3O3S/c1-14-6-20(30-10-19(14)21(32)29-4-2-15-11-35(33,34)12-15)31-5-3-22(13-31,23(26,27)28)16-7-17(24)9-18(25)8-16/h6-10,15H,2-5,11-13H2,1H3,(H,29,32). The second kappa shape index (κ2) is 9.44. The lowest BCUT2D eigenvalue weighted by Crippen LogP contribution is -2.45. The zero-order valence-corrected chi connectivity index (χ0v) is 21.2. The van der Waals surface area contributed by atoms with Gasteiger partial charge < -0.3 is 10.2 Å². The fraction of sp³-hybridized carbons (Fsp3) is 0.478. The molecule has 2 fully saturated rings. The van der Waals surface area contributed by atoms with Crippen LogP contribution < -0.4 is 10.2 Å². The number of nitrogens with zero attached hydrogens (tertiary/aromatic N) is 2. The van der Waals surface area contributed by atoms with E-state index in [1.807, 2.05) is 0 Å². The molecule has 0 radical (unpaired) electrons. The van der Waals surface area contributed by atoms with E-state index >= 15 is 0 Å². The summed E-state index contributed by atoms with van der Waals surface area (Å²) in [6, 6.07) is 5.60. The summed E-state index contributed by atoms with van der Waals surface area (Å²) in [6.45, 7) is 1.80. The van der Waals surface area contributed by atoms with Crippen molar-refractivity contribution in [1.29, 1.82) is 0 Å². The highest BCUT2D eigenvalue weighted by Gasteiger charge is 2.59. The fourth-order valence-electron chi connectivity index (χ4n) is 4.74. The van der Waals surface area contributed by atoms with E-state index in [1.54, 1.807) is 17.9 Å². The summed E-state index contributed by atoms with van der Waals surface area (Å²) in [4.78, 5) is 18.4. The first kappa shape index (κ1) is 26.0. The van der Waals surface area contributed by atoms with E-state index in [0.717, 1.165) is 0 Å². The molecule has 1 N–H and O–H groups in total. The first-order chi connectivity index (χ1) is 16.3. The number of anilines is 1. The van der Waals surface area contributed by atoms with Crippen molar-refractivity contribution in [1.82, 2.24) is 10.3 Å². The van der Waals surface area contributed by atoms with E-state index in [-0.39, 0.29) is 58.4 Å². The van der Waals surface area contributed by atoms with Crippen LogP contribution in [0.2, 0.25) is 10.0 Å². The fourth-order valence-corrected chi connectivity index (χ4v) is 6.94. The molecule has 35 heavy (non-hydrogen) atoms. The van der Waals surface area contributed by atoms with Crippen molar-refractivity contribution >= 4 is 44.8 Å². The third kappa shape index (κ3) is 5.39. The second-order valence-corrected chi connectivity index (χ2v) is 12.3. The van der Waals surface area contributed by atoms with Gasteiger partial charge in [-0.25, -0.2) is 13.4 Å². The highest BCUT2D eigenvalue weighted by molar-refractivity contribution is 7.92. The molecule has 190 valence electrons. The van der Waals surface area contributed by atoms with Gasteiger partial charge in [0, 0.05) is 35.9 Å². The van der Waals surface area contributed by atoms with E-state index in [0.29, 0.717) is 29.9 Å². The number of aromatic nitrogens is 1. The van der Waals surface area contributed by atoms with Crippen molar-refractivity contribution in [3.8, 4) is 0 Å². The van der Waals surface area contributed by atoms with Gasteiger partial charge in [-0.3, -0.25) is 4.79 Å². The highest BCUT2D eigenvalue weighted by Crippen LogP contribution is 2.49. The van der Waals surface area contributed by atoms with E-state index in [9.17, 15) is 26.4 Å². The number of carbonyl (C=O) groups excluding carboxylic acids is 1. The van der Waals surface area contributed by atoms with Crippen molar-refractivity contribution in [3.05, 3.63) is 57.2 Å². The topological polar surface area (TPSA) is 79.4 Å². The van der Waals surface area contributed by atoms with Gasteiger partial charge in [-0.05, 0) is 61.1 Å². The van der Waals surface area contributed by atoms with Crippen LogP contribution in [0.25, 0.3) is 0 Å². The van der Waals surface area contributed by atoms with Crippen molar-refractivity contribution in [2.75, 3.05) is 36.0 Å². The smallest absolute Gasteiger partial charge is 0.355 e. The van der Waals surface area contributed by atoms with Crippen LogP contribution in [0.15, 0.2) is 30.5 Å². The van der Waals surface area contributed by atoms with Gasteiger partial charge in [-0.2, -0.15) is 13.2 Å². The molecule has 6 nitrogen and oxygen atoms in total. The SMILES string of the molecule is Cc1cc(N2CCC(c3cc(Cl)cc(Cl)c3)(C(F)(F)F)C2)ncc1C(=O)NCCC1CS(=O)(=O)C1. The van der Waals surface area contributed by atoms with Crippen LogP contribution in [0.4, 0.5) is 19.0 Å².